The number of aromatic nitrogens is 4. The van der Waals surface area contributed by atoms with Crippen molar-refractivity contribution in [2.75, 3.05) is 5.32 Å². The van der Waals surface area contributed by atoms with Gasteiger partial charge in [-0.1, -0.05) is 0 Å². The lowest BCUT2D eigenvalue weighted by Crippen LogP contribution is -2.37. The Kier molecular flexibility index (Phi) is 3.82. The van der Waals surface area contributed by atoms with E-state index >= 15 is 4.39 Å². The van der Waals surface area contributed by atoms with Gasteiger partial charge >= 0.3 is 0 Å². The molecule has 0 saturated carbocycles. The van der Waals surface area contributed by atoms with Gasteiger partial charge in [-0.3, -0.25) is 4.57 Å². The maximum absolute atomic E-state index is 15.4. The zero-order chi connectivity index (χ0) is 21.4. The van der Waals surface area contributed by atoms with Crippen LogP contribution in [-0.2, 0) is 5.54 Å². The van der Waals surface area contributed by atoms with Crippen LogP contribution in [0.2, 0.25) is 0 Å². The summed E-state index contributed by atoms with van der Waals surface area (Å²) in [5.41, 5.74) is 10.1. The highest BCUT2D eigenvalue weighted by molar-refractivity contribution is 5.98. The number of anilines is 1. The molecule has 6 nitrogen and oxygen atoms in total. The van der Waals surface area contributed by atoms with E-state index in [1.807, 2.05) is 33.9 Å². The Morgan fingerprint density at radius 3 is 2.67 bits per heavy atom. The van der Waals surface area contributed by atoms with Crippen LogP contribution < -0.4 is 11.1 Å². The minimum atomic E-state index is -0.621. The van der Waals surface area contributed by atoms with Crippen molar-refractivity contribution in [3.05, 3.63) is 59.3 Å². The monoisotopic (exact) mass is 408 g/mol. The van der Waals surface area contributed by atoms with Gasteiger partial charge in [0.1, 0.15) is 18.0 Å². The number of rotatable bonds is 2. The van der Waals surface area contributed by atoms with Crippen LogP contribution in [0.3, 0.4) is 0 Å². The van der Waals surface area contributed by atoms with Crippen molar-refractivity contribution in [3.8, 4) is 16.8 Å². The number of halogens is 2. The average molecular weight is 408 g/mol. The van der Waals surface area contributed by atoms with Crippen molar-refractivity contribution in [3.63, 3.8) is 0 Å². The molecule has 1 aliphatic heterocycles. The molecule has 1 atom stereocenters. The number of nitrogens with two attached hydrogens (primary N) is 1. The van der Waals surface area contributed by atoms with Crippen LogP contribution in [0.25, 0.3) is 27.7 Å². The summed E-state index contributed by atoms with van der Waals surface area (Å²) in [6.07, 6.45) is 3.38. The third-order valence-corrected chi connectivity index (χ3v) is 5.78. The Hall–Kier alpha value is -3.26. The van der Waals surface area contributed by atoms with Gasteiger partial charge in [0, 0.05) is 28.8 Å². The molecule has 3 heterocycles. The fourth-order valence-corrected chi connectivity index (χ4v) is 4.44. The smallest absolute Gasteiger partial charge is 0.162 e. The van der Waals surface area contributed by atoms with E-state index in [2.05, 4.69) is 20.5 Å². The summed E-state index contributed by atoms with van der Waals surface area (Å²) in [6, 6.07) is 3.87. The van der Waals surface area contributed by atoms with Crippen molar-refractivity contribution < 1.29 is 8.78 Å². The van der Waals surface area contributed by atoms with Gasteiger partial charge in [0.25, 0.3) is 0 Å². The number of fused-ring (bicyclic) bond motifs is 4. The molecule has 1 aliphatic rings. The predicted octanol–water partition coefficient (Wildman–Crippen LogP) is 4.68. The lowest BCUT2D eigenvalue weighted by atomic mass is 9.89. The van der Waals surface area contributed by atoms with E-state index in [1.54, 1.807) is 10.9 Å². The summed E-state index contributed by atoms with van der Waals surface area (Å²) < 4.78 is 31.7. The number of nitrogens with zero attached hydrogens (tertiary/aromatic N) is 3. The third kappa shape index (κ3) is 2.50. The molecule has 4 N–H and O–H groups in total. The molecule has 0 amide bonds. The first-order valence-electron chi connectivity index (χ1n) is 9.77. The number of aryl methyl sites for hydroxylation is 1. The second-order valence-electron chi connectivity index (χ2n) is 8.45. The first-order chi connectivity index (χ1) is 14.2. The van der Waals surface area contributed by atoms with Gasteiger partial charge in [0.05, 0.1) is 22.4 Å². The van der Waals surface area contributed by atoms with Gasteiger partial charge in [-0.25, -0.2) is 8.78 Å². The van der Waals surface area contributed by atoms with Crippen LogP contribution >= 0.6 is 0 Å². The summed E-state index contributed by atoms with van der Waals surface area (Å²) in [4.78, 5) is 3.20. The van der Waals surface area contributed by atoms with Gasteiger partial charge in [0.2, 0.25) is 0 Å². The molecular weight excluding hydrogens is 386 g/mol. The Morgan fingerprint density at radius 2 is 1.93 bits per heavy atom. The summed E-state index contributed by atoms with van der Waals surface area (Å²) in [5.74, 6) is -0.190. The van der Waals surface area contributed by atoms with Gasteiger partial charge < -0.3 is 16.0 Å². The van der Waals surface area contributed by atoms with E-state index in [9.17, 15) is 4.39 Å². The Balaban J connectivity index is 1.91. The van der Waals surface area contributed by atoms with E-state index in [1.165, 1.54) is 18.2 Å². The van der Waals surface area contributed by atoms with Crippen LogP contribution in [0.1, 0.15) is 43.8 Å². The number of hydrogen-bond acceptors (Lipinski definition) is 4. The van der Waals surface area contributed by atoms with Crippen molar-refractivity contribution in [1.82, 2.24) is 19.7 Å². The molecule has 5 rings (SSSR count). The molecule has 8 heteroatoms. The van der Waals surface area contributed by atoms with Crippen LogP contribution in [0.15, 0.2) is 30.7 Å². The van der Waals surface area contributed by atoms with Crippen molar-refractivity contribution in [1.29, 1.82) is 0 Å². The molecule has 4 aromatic rings. The molecular formula is C22H22F2N6. The number of nitrogens with one attached hydrogen (secondary N) is 2. The molecule has 0 radical (unpaired) electrons. The highest BCUT2D eigenvalue weighted by atomic mass is 19.1. The van der Waals surface area contributed by atoms with Crippen LogP contribution in [0.5, 0.6) is 0 Å². The number of aromatic amines is 1. The molecule has 0 fully saturated rings. The molecule has 0 bridgehead atoms. The maximum Gasteiger partial charge on any atom is 0.162 e. The largest absolute Gasteiger partial charge is 0.369 e. The minimum Gasteiger partial charge on any atom is -0.369 e. The minimum absolute atomic E-state index is 0.332. The molecule has 154 valence electrons. The molecule has 0 aliphatic carbocycles. The summed E-state index contributed by atoms with van der Waals surface area (Å²) in [7, 11) is 0. The SMILES string of the molecule is Cc1c[nH]c2c(-c3cc(F)c4c(c3C(C)N)-n3cnnc3C(C)(C)N4)cc(F)cc12. The maximum atomic E-state index is 15.4. The van der Waals surface area contributed by atoms with Gasteiger partial charge in [-0.2, -0.15) is 0 Å². The zero-order valence-corrected chi connectivity index (χ0v) is 17.1. The molecule has 0 saturated heterocycles. The van der Waals surface area contributed by atoms with Gasteiger partial charge in [-0.05, 0) is 57.0 Å². The first-order valence-corrected chi connectivity index (χ1v) is 9.77. The second-order valence-corrected chi connectivity index (χ2v) is 8.45. The predicted molar refractivity (Wildman–Crippen MR) is 113 cm³/mol. The molecule has 1 unspecified atom stereocenters. The van der Waals surface area contributed by atoms with Crippen molar-refractivity contribution >= 4 is 16.6 Å². The van der Waals surface area contributed by atoms with E-state index in [0.29, 0.717) is 33.9 Å². The quantitative estimate of drug-likeness (QED) is 0.450. The van der Waals surface area contributed by atoms with E-state index in [0.717, 1.165) is 16.5 Å². The van der Waals surface area contributed by atoms with E-state index in [-0.39, 0.29) is 0 Å². The third-order valence-electron chi connectivity index (χ3n) is 5.78. The van der Waals surface area contributed by atoms with Crippen LogP contribution in [0.4, 0.5) is 14.5 Å². The molecule has 30 heavy (non-hydrogen) atoms. The van der Waals surface area contributed by atoms with Crippen molar-refractivity contribution in [2.24, 2.45) is 5.73 Å². The van der Waals surface area contributed by atoms with E-state index < -0.39 is 23.2 Å². The highest BCUT2D eigenvalue weighted by Crippen LogP contribution is 2.45. The van der Waals surface area contributed by atoms with Gasteiger partial charge in [-0.15, -0.1) is 10.2 Å². The number of H-pyrrole nitrogens is 1. The van der Waals surface area contributed by atoms with Crippen LogP contribution in [0, 0.1) is 18.6 Å². The van der Waals surface area contributed by atoms with Crippen molar-refractivity contribution in [2.45, 2.75) is 39.3 Å². The second kappa shape index (κ2) is 6.12. The Labute approximate surface area is 172 Å². The topological polar surface area (TPSA) is 84.6 Å². The standard InChI is InChI=1S/C22H22F2N6/c1-10-8-26-18-13(10)5-12(23)6-15(18)14-7-16(24)19-20(17(14)11(2)25)30-9-27-29-21(30)22(3,4)28-19/h5-9,11,26,28H,25H2,1-4H3. The fourth-order valence-electron chi connectivity index (χ4n) is 4.44. The molecule has 2 aromatic carbocycles. The lowest BCUT2D eigenvalue weighted by molar-refractivity contribution is 0.521. The van der Waals surface area contributed by atoms with Crippen LogP contribution in [-0.4, -0.2) is 19.7 Å². The fraction of sp³-hybridized carbons (Fsp3) is 0.273. The molecule has 0 spiro atoms. The molecule has 2 aromatic heterocycles. The Morgan fingerprint density at radius 1 is 1.17 bits per heavy atom. The first kappa shape index (κ1) is 18.7. The normalized spacial score (nSPS) is 15.6. The lowest BCUT2D eigenvalue weighted by Gasteiger charge is -2.35. The summed E-state index contributed by atoms with van der Waals surface area (Å²) in [5, 5.41) is 12.3. The zero-order valence-electron chi connectivity index (χ0n) is 17.1. The summed E-state index contributed by atoms with van der Waals surface area (Å²) >= 11 is 0. The number of benzene rings is 2. The highest BCUT2D eigenvalue weighted by Gasteiger charge is 2.37. The van der Waals surface area contributed by atoms with E-state index in [4.69, 9.17) is 5.73 Å². The number of hydrogen-bond donors (Lipinski definition) is 3. The summed E-state index contributed by atoms with van der Waals surface area (Å²) in [6.45, 7) is 7.55. The average Bonchev–Trinajstić information content (AvgIpc) is 3.30. The van der Waals surface area contributed by atoms with Gasteiger partial charge in [0.15, 0.2) is 5.82 Å². The Bertz CT molecular complexity index is 1320.